The smallest absolute Gasteiger partial charge is 0.142 e. The number of pyridine rings is 1. The van der Waals surface area contributed by atoms with Crippen molar-refractivity contribution in [2.24, 2.45) is 0 Å². The van der Waals surface area contributed by atoms with Crippen molar-refractivity contribution in [2.45, 2.75) is 6.04 Å². The van der Waals surface area contributed by atoms with Crippen LogP contribution in [0.2, 0.25) is 10.0 Å². The molecule has 0 radical (unpaired) electrons. The number of aromatic nitrogens is 1. The Labute approximate surface area is 122 Å². The molecule has 100 valence electrons. The van der Waals surface area contributed by atoms with Crippen molar-refractivity contribution >= 4 is 23.2 Å². The first-order chi connectivity index (χ1) is 9.17. The lowest BCUT2D eigenvalue weighted by atomic mass is 10.0. The van der Waals surface area contributed by atoms with E-state index in [1.807, 2.05) is 25.2 Å². The highest BCUT2D eigenvalue weighted by Crippen LogP contribution is 2.33. The zero-order valence-corrected chi connectivity index (χ0v) is 12.2. The minimum Gasteiger partial charge on any atom is -0.495 e. The van der Waals surface area contributed by atoms with Gasteiger partial charge in [-0.1, -0.05) is 23.2 Å². The van der Waals surface area contributed by atoms with Gasteiger partial charge in [0.25, 0.3) is 0 Å². The Morgan fingerprint density at radius 3 is 2.74 bits per heavy atom. The van der Waals surface area contributed by atoms with Crippen LogP contribution in [0.5, 0.6) is 5.75 Å². The van der Waals surface area contributed by atoms with Crippen LogP contribution >= 0.6 is 23.2 Å². The van der Waals surface area contributed by atoms with Gasteiger partial charge in [0.1, 0.15) is 11.4 Å². The molecule has 1 unspecified atom stereocenters. The molecular weight excluding hydrogens is 283 g/mol. The number of halogens is 2. The summed E-state index contributed by atoms with van der Waals surface area (Å²) in [5.74, 6) is 0.706. The molecule has 1 atom stereocenters. The molecule has 0 saturated heterocycles. The lowest BCUT2D eigenvalue weighted by Crippen LogP contribution is -2.20. The number of rotatable bonds is 4. The minimum atomic E-state index is -0.178. The van der Waals surface area contributed by atoms with E-state index in [-0.39, 0.29) is 6.04 Å². The van der Waals surface area contributed by atoms with Gasteiger partial charge in [-0.05, 0) is 42.9 Å². The van der Waals surface area contributed by atoms with Gasteiger partial charge in [0.2, 0.25) is 0 Å². The molecule has 19 heavy (non-hydrogen) atoms. The fourth-order valence-corrected chi connectivity index (χ4v) is 2.37. The molecule has 0 saturated carbocycles. The van der Waals surface area contributed by atoms with Crippen LogP contribution in [0.15, 0.2) is 36.5 Å². The molecule has 0 amide bonds. The van der Waals surface area contributed by atoms with Crippen LogP contribution in [-0.2, 0) is 0 Å². The summed E-state index contributed by atoms with van der Waals surface area (Å²) >= 11 is 12.3. The van der Waals surface area contributed by atoms with Gasteiger partial charge in [0.05, 0.1) is 13.2 Å². The number of hydrogen-bond donors (Lipinski definition) is 1. The third-order valence-corrected chi connectivity index (χ3v) is 3.43. The van der Waals surface area contributed by atoms with Crippen LogP contribution in [0.3, 0.4) is 0 Å². The zero-order chi connectivity index (χ0) is 13.8. The molecule has 2 aromatic rings. The van der Waals surface area contributed by atoms with E-state index in [9.17, 15) is 0 Å². The van der Waals surface area contributed by atoms with Crippen molar-refractivity contribution in [2.75, 3.05) is 14.2 Å². The van der Waals surface area contributed by atoms with Crippen molar-refractivity contribution < 1.29 is 4.74 Å². The van der Waals surface area contributed by atoms with Gasteiger partial charge >= 0.3 is 0 Å². The van der Waals surface area contributed by atoms with Crippen molar-refractivity contribution in [3.05, 3.63) is 57.8 Å². The van der Waals surface area contributed by atoms with E-state index in [1.54, 1.807) is 25.4 Å². The topological polar surface area (TPSA) is 34.2 Å². The summed E-state index contributed by atoms with van der Waals surface area (Å²) in [5.41, 5.74) is 1.64. The van der Waals surface area contributed by atoms with E-state index < -0.39 is 0 Å². The number of ether oxygens (including phenoxy) is 1. The molecule has 0 aliphatic rings. The summed E-state index contributed by atoms with van der Waals surface area (Å²) in [6.45, 7) is 0. The van der Waals surface area contributed by atoms with Crippen molar-refractivity contribution in [3.8, 4) is 5.75 Å². The molecular formula is C14H14Cl2N2O. The van der Waals surface area contributed by atoms with Gasteiger partial charge in [0.15, 0.2) is 0 Å². The van der Waals surface area contributed by atoms with Crippen molar-refractivity contribution in [1.29, 1.82) is 0 Å². The Kier molecular flexibility index (Phi) is 4.64. The summed E-state index contributed by atoms with van der Waals surface area (Å²) in [6, 6.07) is 8.88. The van der Waals surface area contributed by atoms with Gasteiger partial charge in [-0.2, -0.15) is 0 Å². The summed E-state index contributed by atoms with van der Waals surface area (Å²) < 4.78 is 5.34. The van der Waals surface area contributed by atoms with Crippen molar-refractivity contribution in [3.63, 3.8) is 0 Å². The Hall–Kier alpha value is -1.29. The standard InChI is InChI=1S/C14H14Cl2N2O/c1-17-13(10-8-9(15)5-6-11(10)16)14-12(19-2)4-3-7-18-14/h3-8,13,17H,1-2H3. The first-order valence-electron chi connectivity index (χ1n) is 5.78. The highest BCUT2D eigenvalue weighted by molar-refractivity contribution is 6.33. The van der Waals surface area contributed by atoms with Crippen LogP contribution in [-0.4, -0.2) is 19.1 Å². The average molecular weight is 297 g/mol. The van der Waals surface area contributed by atoms with Crippen LogP contribution in [0, 0.1) is 0 Å². The monoisotopic (exact) mass is 296 g/mol. The summed E-state index contributed by atoms with van der Waals surface area (Å²) in [6.07, 6.45) is 1.72. The molecule has 0 spiro atoms. The molecule has 1 heterocycles. The second kappa shape index (κ2) is 6.24. The summed E-state index contributed by atoms with van der Waals surface area (Å²) in [7, 11) is 3.46. The normalized spacial score (nSPS) is 12.2. The van der Waals surface area contributed by atoms with E-state index >= 15 is 0 Å². The average Bonchev–Trinajstić information content (AvgIpc) is 2.44. The maximum atomic E-state index is 6.25. The summed E-state index contributed by atoms with van der Waals surface area (Å²) in [5, 5.41) is 4.46. The Morgan fingerprint density at radius 2 is 2.05 bits per heavy atom. The number of hydrogen-bond acceptors (Lipinski definition) is 3. The summed E-state index contributed by atoms with van der Waals surface area (Å²) in [4.78, 5) is 4.38. The molecule has 2 rings (SSSR count). The maximum absolute atomic E-state index is 6.25. The second-order valence-corrected chi connectivity index (χ2v) is 4.82. The number of benzene rings is 1. The lowest BCUT2D eigenvalue weighted by Gasteiger charge is -2.19. The van der Waals surface area contributed by atoms with E-state index in [0.29, 0.717) is 15.8 Å². The second-order valence-electron chi connectivity index (χ2n) is 3.98. The number of methoxy groups -OCH3 is 1. The van der Waals surface area contributed by atoms with Gasteiger partial charge in [0, 0.05) is 16.2 Å². The van der Waals surface area contributed by atoms with Crippen LogP contribution in [0.1, 0.15) is 17.3 Å². The number of nitrogens with zero attached hydrogens (tertiary/aromatic N) is 1. The van der Waals surface area contributed by atoms with E-state index in [0.717, 1.165) is 11.3 Å². The Bertz CT molecular complexity index is 575. The van der Waals surface area contributed by atoms with Gasteiger partial charge < -0.3 is 10.1 Å². The highest BCUT2D eigenvalue weighted by atomic mass is 35.5. The predicted octanol–water partition coefficient (Wildman–Crippen LogP) is 3.71. The highest BCUT2D eigenvalue weighted by Gasteiger charge is 2.20. The lowest BCUT2D eigenvalue weighted by molar-refractivity contribution is 0.401. The minimum absolute atomic E-state index is 0.178. The maximum Gasteiger partial charge on any atom is 0.142 e. The first kappa shape index (κ1) is 14.1. The fourth-order valence-electron chi connectivity index (χ4n) is 1.97. The molecule has 0 bridgehead atoms. The predicted molar refractivity (Wildman–Crippen MR) is 78.2 cm³/mol. The van der Waals surface area contributed by atoms with Crippen molar-refractivity contribution in [1.82, 2.24) is 10.3 Å². The van der Waals surface area contributed by atoms with E-state index in [2.05, 4.69) is 10.3 Å². The Morgan fingerprint density at radius 1 is 1.26 bits per heavy atom. The van der Waals surface area contributed by atoms with Crippen LogP contribution in [0.25, 0.3) is 0 Å². The zero-order valence-electron chi connectivity index (χ0n) is 10.7. The largest absolute Gasteiger partial charge is 0.495 e. The molecule has 1 aromatic carbocycles. The van der Waals surface area contributed by atoms with Gasteiger partial charge in [-0.15, -0.1) is 0 Å². The third kappa shape index (κ3) is 3.00. The molecule has 5 heteroatoms. The number of nitrogens with one attached hydrogen (secondary N) is 1. The molecule has 3 nitrogen and oxygen atoms in total. The molecule has 1 N–H and O–H groups in total. The first-order valence-corrected chi connectivity index (χ1v) is 6.54. The van der Waals surface area contributed by atoms with Crippen LogP contribution in [0.4, 0.5) is 0 Å². The molecule has 0 aliphatic heterocycles. The van der Waals surface area contributed by atoms with Gasteiger partial charge in [-0.3, -0.25) is 4.98 Å². The SMILES string of the molecule is CNC(c1cc(Cl)ccc1Cl)c1ncccc1OC. The molecule has 0 aliphatic carbocycles. The van der Waals surface area contributed by atoms with Crippen LogP contribution < -0.4 is 10.1 Å². The van der Waals surface area contributed by atoms with E-state index in [1.165, 1.54) is 0 Å². The Balaban J connectivity index is 2.53. The third-order valence-electron chi connectivity index (χ3n) is 2.85. The fraction of sp³-hybridized carbons (Fsp3) is 0.214. The van der Waals surface area contributed by atoms with Gasteiger partial charge in [-0.25, -0.2) is 0 Å². The molecule has 0 fully saturated rings. The van der Waals surface area contributed by atoms with E-state index in [4.69, 9.17) is 27.9 Å². The molecule has 1 aromatic heterocycles. The quantitative estimate of drug-likeness (QED) is 0.934.